The molecule has 0 bridgehead atoms. The van der Waals surface area contributed by atoms with Gasteiger partial charge >= 0.3 is 0 Å². The van der Waals surface area contributed by atoms with Gasteiger partial charge in [0.1, 0.15) is 22.9 Å². The van der Waals surface area contributed by atoms with Crippen molar-refractivity contribution in [2.24, 2.45) is 7.05 Å². The Morgan fingerprint density at radius 2 is 2.00 bits per heavy atom. The molecular weight excluding hydrogens is 408 g/mol. The summed E-state index contributed by atoms with van der Waals surface area (Å²) in [5.74, 6) is -2.75. The lowest BCUT2D eigenvalue weighted by Gasteiger charge is -2.09. The normalized spacial score (nSPS) is 11.5. The molecule has 0 fully saturated rings. The lowest BCUT2D eigenvalue weighted by atomic mass is 10.1. The van der Waals surface area contributed by atoms with Gasteiger partial charge in [-0.3, -0.25) is 14.6 Å². The first kappa shape index (κ1) is 18.4. The van der Waals surface area contributed by atoms with Crippen LogP contribution in [0.3, 0.4) is 0 Å². The van der Waals surface area contributed by atoms with Crippen LogP contribution in [0.25, 0.3) is 32.4 Å². The summed E-state index contributed by atoms with van der Waals surface area (Å²) >= 11 is 1.61. The summed E-state index contributed by atoms with van der Waals surface area (Å²) < 4.78 is 30.7. The Balaban J connectivity index is 1.53. The third kappa shape index (κ3) is 2.86. The largest absolute Gasteiger partial charge is 0.322 e. The molecule has 3 heterocycles. The van der Waals surface area contributed by atoms with Crippen LogP contribution in [0.5, 0.6) is 0 Å². The molecule has 2 N–H and O–H groups in total. The van der Waals surface area contributed by atoms with Crippen LogP contribution >= 0.6 is 11.3 Å². The first-order valence-electron chi connectivity index (χ1n) is 9.08. The molecule has 0 saturated heterocycles. The van der Waals surface area contributed by atoms with Gasteiger partial charge in [0.25, 0.3) is 5.91 Å². The van der Waals surface area contributed by atoms with E-state index in [1.165, 1.54) is 10.9 Å². The van der Waals surface area contributed by atoms with Crippen molar-refractivity contribution in [3.8, 4) is 10.6 Å². The average molecular weight is 423 g/mol. The first-order valence-corrected chi connectivity index (χ1v) is 9.90. The number of nitrogens with one attached hydrogen (secondary N) is 2. The zero-order valence-corrected chi connectivity index (χ0v) is 16.8. The summed E-state index contributed by atoms with van der Waals surface area (Å²) in [4.78, 5) is 14.8. The molecule has 3 aromatic heterocycles. The topological polar surface area (TPSA) is 75.6 Å². The van der Waals surface area contributed by atoms with Gasteiger partial charge in [-0.25, -0.2) is 8.78 Å². The minimum absolute atomic E-state index is 0.0877. The molecule has 5 rings (SSSR count). The average Bonchev–Trinajstić information content (AvgIpc) is 3.41. The predicted octanol–water partition coefficient (Wildman–Crippen LogP) is 5.02. The van der Waals surface area contributed by atoms with Gasteiger partial charge in [0, 0.05) is 29.1 Å². The Bertz CT molecular complexity index is 1450. The van der Waals surface area contributed by atoms with Crippen molar-refractivity contribution in [2.75, 3.05) is 5.32 Å². The van der Waals surface area contributed by atoms with E-state index in [-0.39, 0.29) is 10.9 Å². The van der Waals surface area contributed by atoms with E-state index >= 15 is 0 Å². The van der Waals surface area contributed by atoms with Gasteiger partial charge in [0.05, 0.1) is 27.5 Å². The lowest BCUT2D eigenvalue weighted by molar-refractivity contribution is 0.101. The van der Waals surface area contributed by atoms with Crippen LogP contribution in [0.2, 0.25) is 0 Å². The molecule has 6 nitrogen and oxygen atoms in total. The summed E-state index contributed by atoms with van der Waals surface area (Å²) in [6.45, 7) is 2.01. The summed E-state index contributed by atoms with van der Waals surface area (Å²) in [7, 11) is 1.58. The van der Waals surface area contributed by atoms with E-state index in [2.05, 4.69) is 20.6 Å². The molecule has 0 unspecified atom stereocenters. The number of fused-ring (bicyclic) bond motifs is 2. The van der Waals surface area contributed by atoms with Gasteiger partial charge in [-0.15, -0.1) is 11.3 Å². The molecule has 1 amide bonds. The number of nitrogens with zero attached hydrogens (tertiary/aromatic N) is 3. The predicted molar refractivity (Wildman–Crippen MR) is 113 cm³/mol. The highest BCUT2D eigenvalue weighted by molar-refractivity contribution is 7.15. The Kier molecular flexibility index (Phi) is 4.14. The van der Waals surface area contributed by atoms with Crippen LogP contribution < -0.4 is 5.32 Å². The maximum absolute atomic E-state index is 14.8. The molecule has 150 valence electrons. The van der Waals surface area contributed by atoms with Crippen molar-refractivity contribution >= 4 is 44.7 Å². The summed E-state index contributed by atoms with van der Waals surface area (Å²) in [6.07, 6.45) is 1.27. The van der Waals surface area contributed by atoms with Crippen LogP contribution in [-0.2, 0) is 7.05 Å². The summed E-state index contributed by atoms with van der Waals surface area (Å²) in [6, 6.07) is 10.2. The molecular formula is C21H15F2N5OS. The molecule has 5 aromatic rings. The van der Waals surface area contributed by atoms with Gasteiger partial charge in [0.2, 0.25) is 0 Å². The molecule has 0 radical (unpaired) electrons. The second-order valence-electron chi connectivity index (χ2n) is 6.95. The fourth-order valence-corrected chi connectivity index (χ4v) is 4.33. The number of thiophene rings is 1. The fourth-order valence-electron chi connectivity index (χ4n) is 3.46. The standard InChI is InChI=1S/C21H15F2N5OS/c1-10-3-6-17(30-10)20-12-7-11(4-5-15(12)26-27-20)25-21(29)18-14(22)8-16-13(19(18)23)9-24-28(16)2/h3-9H,1-2H3,(H,25,29)(H,26,27). The molecule has 0 aliphatic heterocycles. The van der Waals surface area contributed by atoms with E-state index in [4.69, 9.17) is 0 Å². The third-order valence-corrected chi connectivity index (χ3v) is 5.97. The molecule has 0 spiro atoms. The molecule has 0 saturated carbocycles. The monoisotopic (exact) mass is 423 g/mol. The number of aryl methyl sites for hydroxylation is 2. The van der Waals surface area contributed by atoms with Crippen LogP contribution in [0.1, 0.15) is 15.2 Å². The number of hydrogen-bond donors (Lipinski definition) is 2. The van der Waals surface area contributed by atoms with Crippen LogP contribution in [0.15, 0.2) is 42.6 Å². The number of aromatic amines is 1. The van der Waals surface area contributed by atoms with Gasteiger partial charge in [-0.1, -0.05) is 0 Å². The maximum Gasteiger partial charge on any atom is 0.261 e. The second-order valence-corrected chi connectivity index (χ2v) is 8.23. The quantitative estimate of drug-likeness (QED) is 0.428. The molecule has 0 aliphatic carbocycles. The number of aromatic nitrogens is 4. The number of halogens is 2. The van der Waals surface area contributed by atoms with Gasteiger partial charge in [-0.2, -0.15) is 10.2 Å². The Labute approximate surface area is 173 Å². The van der Waals surface area contributed by atoms with Gasteiger partial charge in [-0.05, 0) is 37.3 Å². The van der Waals surface area contributed by atoms with E-state index in [0.29, 0.717) is 5.69 Å². The molecule has 9 heteroatoms. The van der Waals surface area contributed by atoms with E-state index in [1.54, 1.807) is 36.6 Å². The van der Waals surface area contributed by atoms with E-state index in [0.717, 1.165) is 32.4 Å². The van der Waals surface area contributed by atoms with E-state index in [9.17, 15) is 13.6 Å². The van der Waals surface area contributed by atoms with E-state index < -0.39 is 23.1 Å². The summed E-state index contributed by atoms with van der Waals surface area (Å²) in [5, 5.41) is 14.7. The molecule has 0 atom stereocenters. The number of carbonyl (C=O) groups is 1. The highest BCUT2D eigenvalue weighted by Crippen LogP contribution is 2.33. The Morgan fingerprint density at radius 3 is 2.77 bits per heavy atom. The maximum atomic E-state index is 14.8. The zero-order valence-electron chi connectivity index (χ0n) is 16.0. The van der Waals surface area contributed by atoms with E-state index in [1.807, 2.05) is 19.1 Å². The van der Waals surface area contributed by atoms with Crippen molar-refractivity contribution in [3.63, 3.8) is 0 Å². The number of hydrogen-bond acceptors (Lipinski definition) is 4. The van der Waals surface area contributed by atoms with Crippen LogP contribution in [-0.4, -0.2) is 25.9 Å². The van der Waals surface area contributed by atoms with Crippen molar-refractivity contribution in [3.05, 3.63) is 64.7 Å². The lowest BCUT2D eigenvalue weighted by Crippen LogP contribution is -2.16. The van der Waals surface area contributed by atoms with Gasteiger partial charge < -0.3 is 5.32 Å². The number of amides is 1. The SMILES string of the molecule is Cc1ccc(-c2n[nH]c3ccc(NC(=O)c4c(F)cc5c(cnn5C)c4F)cc23)s1. The van der Waals surface area contributed by atoms with Crippen molar-refractivity contribution in [1.82, 2.24) is 20.0 Å². The number of H-pyrrole nitrogens is 1. The minimum atomic E-state index is -0.944. The second kappa shape index (κ2) is 6.74. The van der Waals surface area contributed by atoms with Gasteiger partial charge in [0.15, 0.2) is 0 Å². The highest BCUT2D eigenvalue weighted by atomic mass is 32.1. The highest BCUT2D eigenvalue weighted by Gasteiger charge is 2.22. The molecule has 0 aliphatic rings. The smallest absolute Gasteiger partial charge is 0.261 e. The minimum Gasteiger partial charge on any atom is -0.322 e. The third-order valence-electron chi connectivity index (χ3n) is 4.96. The number of carbonyl (C=O) groups excluding carboxylic acids is 1. The number of rotatable bonds is 3. The van der Waals surface area contributed by atoms with Crippen LogP contribution in [0.4, 0.5) is 14.5 Å². The van der Waals surface area contributed by atoms with Crippen molar-refractivity contribution < 1.29 is 13.6 Å². The molecule has 2 aromatic carbocycles. The van der Waals surface area contributed by atoms with Crippen molar-refractivity contribution in [1.29, 1.82) is 0 Å². The zero-order chi connectivity index (χ0) is 21.0. The van der Waals surface area contributed by atoms with Crippen LogP contribution in [0, 0.1) is 18.6 Å². The number of anilines is 1. The molecule has 30 heavy (non-hydrogen) atoms. The fraction of sp³-hybridized carbons (Fsp3) is 0.0952. The Morgan fingerprint density at radius 1 is 1.17 bits per heavy atom. The summed E-state index contributed by atoms with van der Waals surface area (Å²) in [5.41, 5.74) is 1.60. The Hall–Kier alpha value is -3.59. The first-order chi connectivity index (χ1) is 14.4. The number of benzene rings is 2. The van der Waals surface area contributed by atoms with Crippen molar-refractivity contribution in [2.45, 2.75) is 6.92 Å².